The summed E-state index contributed by atoms with van der Waals surface area (Å²) in [6.07, 6.45) is 0.389. The van der Waals surface area contributed by atoms with Gasteiger partial charge in [0.25, 0.3) is 5.91 Å². The molecule has 2 amide bonds. The Morgan fingerprint density at radius 1 is 0.944 bits per heavy atom. The van der Waals surface area contributed by atoms with Crippen molar-refractivity contribution in [1.82, 2.24) is 10.2 Å². The molecule has 0 unspecified atom stereocenters. The zero-order valence-corrected chi connectivity index (χ0v) is 22.2. The Labute approximate surface area is 219 Å². The summed E-state index contributed by atoms with van der Waals surface area (Å²) in [5.41, 5.74) is 3.90. The fraction of sp³-hybridized carbons (Fsp3) is 0.333. The van der Waals surface area contributed by atoms with Gasteiger partial charge in [-0.05, 0) is 60.2 Å². The maximum Gasteiger partial charge on any atom is 0.261 e. The summed E-state index contributed by atoms with van der Waals surface area (Å²) in [6.45, 7) is 8.65. The van der Waals surface area contributed by atoms with Crippen molar-refractivity contribution in [3.05, 3.63) is 100 Å². The lowest BCUT2D eigenvalue weighted by Crippen LogP contribution is -2.52. The number of hydrogen-bond acceptors (Lipinski definition) is 3. The van der Waals surface area contributed by atoms with Crippen LogP contribution in [0.1, 0.15) is 36.1 Å². The Kier molecular flexibility index (Phi) is 9.95. The molecule has 5 nitrogen and oxygen atoms in total. The highest BCUT2D eigenvalue weighted by Gasteiger charge is 2.31. The fourth-order valence-corrected chi connectivity index (χ4v) is 4.12. The van der Waals surface area contributed by atoms with Crippen LogP contribution in [0.3, 0.4) is 0 Å². The first-order valence-electron chi connectivity index (χ1n) is 12.3. The van der Waals surface area contributed by atoms with Gasteiger partial charge in [0.1, 0.15) is 11.8 Å². The van der Waals surface area contributed by atoms with Crippen molar-refractivity contribution in [2.24, 2.45) is 5.92 Å². The van der Waals surface area contributed by atoms with Crippen LogP contribution in [0.25, 0.3) is 0 Å². The van der Waals surface area contributed by atoms with E-state index in [-0.39, 0.29) is 30.9 Å². The molecule has 3 aromatic carbocycles. The molecule has 3 aromatic rings. The number of amides is 2. The molecule has 6 heteroatoms. The first kappa shape index (κ1) is 27.3. The molecule has 1 atom stereocenters. The van der Waals surface area contributed by atoms with Crippen LogP contribution >= 0.6 is 11.6 Å². The Bertz CT molecular complexity index is 1160. The molecule has 0 fully saturated rings. The highest BCUT2D eigenvalue weighted by Crippen LogP contribution is 2.22. The van der Waals surface area contributed by atoms with Crippen molar-refractivity contribution in [3.63, 3.8) is 0 Å². The number of halogens is 1. The summed E-state index contributed by atoms with van der Waals surface area (Å²) in [5, 5.41) is 3.60. The van der Waals surface area contributed by atoms with Crippen LogP contribution in [-0.4, -0.2) is 35.9 Å². The molecular weight excluding hydrogens is 472 g/mol. The number of hydrogen-bond donors (Lipinski definition) is 1. The van der Waals surface area contributed by atoms with Gasteiger partial charge in [-0.2, -0.15) is 0 Å². The van der Waals surface area contributed by atoms with Crippen molar-refractivity contribution >= 4 is 23.4 Å². The van der Waals surface area contributed by atoms with Crippen LogP contribution in [0.15, 0.2) is 72.8 Å². The lowest BCUT2D eigenvalue weighted by atomic mass is 10.0. The van der Waals surface area contributed by atoms with Gasteiger partial charge < -0.3 is 15.0 Å². The number of nitrogens with one attached hydrogen (secondary N) is 1. The first-order chi connectivity index (χ1) is 17.2. The molecule has 0 aromatic heterocycles. The van der Waals surface area contributed by atoms with Gasteiger partial charge in [0.2, 0.25) is 5.91 Å². The topological polar surface area (TPSA) is 58.6 Å². The zero-order valence-electron chi connectivity index (χ0n) is 21.5. The van der Waals surface area contributed by atoms with Gasteiger partial charge in [0.15, 0.2) is 6.61 Å². The summed E-state index contributed by atoms with van der Waals surface area (Å²) in [5.74, 6) is 0.497. The molecule has 36 heavy (non-hydrogen) atoms. The van der Waals surface area contributed by atoms with Crippen LogP contribution < -0.4 is 10.1 Å². The minimum absolute atomic E-state index is 0.173. The van der Waals surface area contributed by atoms with E-state index in [1.54, 1.807) is 11.0 Å². The van der Waals surface area contributed by atoms with E-state index in [9.17, 15) is 9.59 Å². The third-order valence-electron chi connectivity index (χ3n) is 6.10. The zero-order chi connectivity index (χ0) is 26.1. The van der Waals surface area contributed by atoms with E-state index in [1.165, 1.54) is 0 Å². The van der Waals surface area contributed by atoms with Crippen molar-refractivity contribution in [3.8, 4) is 5.75 Å². The smallest absolute Gasteiger partial charge is 0.261 e. The Morgan fingerprint density at radius 2 is 1.64 bits per heavy atom. The Hall–Kier alpha value is -3.31. The third-order valence-corrected chi connectivity index (χ3v) is 6.34. The second-order valence-corrected chi connectivity index (χ2v) is 9.92. The van der Waals surface area contributed by atoms with Gasteiger partial charge in [-0.1, -0.05) is 80.0 Å². The molecule has 0 spiro atoms. The van der Waals surface area contributed by atoms with E-state index < -0.39 is 6.04 Å². The third kappa shape index (κ3) is 7.85. The molecule has 0 aliphatic heterocycles. The van der Waals surface area contributed by atoms with E-state index in [0.717, 1.165) is 22.3 Å². The van der Waals surface area contributed by atoms with E-state index in [2.05, 4.69) is 5.32 Å². The van der Waals surface area contributed by atoms with E-state index in [0.29, 0.717) is 23.7 Å². The van der Waals surface area contributed by atoms with Gasteiger partial charge >= 0.3 is 0 Å². The Balaban J connectivity index is 1.92. The standard InChI is InChI=1S/C30H35ClN2O3/c1-21(2)18-32-30(35)27(17-24-11-6-5-7-12-24)33(19-25-13-9-14-26(31)16-25)29(34)20-36-28-15-8-10-22(3)23(28)4/h5-16,21,27H,17-20H2,1-4H3,(H,32,35)/t27-/m1/s1. The number of carbonyl (C=O) groups is 2. The maximum atomic E-state index is 13.7. The fourth-order valence-electron chi connectivity index (χ4n) is 3.91. The lowest BCUT2D eigenvalue weighted by molar-refractivity contribution is -0.142. The van der Waals surface area contributed by atoms with Crippen LogP contribution in [0.2, 0.25) is 5.02 Å². The molecule has 0 heterocycles. The molecule has 0 saturated carbocycles. The predicted molar refractivity (Wildman–Crippen MR) is 145 cm³/mol. The van der Waals surface area contributed by atoms with E-state index in [1.807, 2.05) is 94.4 Å². The molecule has 0 aliphatic carbocycles. The average Bonchev–Trinajstić information content (AvgIpc) is 2.86. The largest absolute Gasteiger partial charge is 0.483 e. The van der Waals surface area contributed by atoms with Gasteiger partial charge in [0, 0.05) is 24.5 Å². The van der Waals surface area contributed by atoms with Crippen molar-refractivity contribution in [2.45, 2.75) is 46.7 Å². The quantitative estimate of drug-likeness (QED) is 0.360. The summed E-state index contributed by atoms with van der Waals surface area (Å²) >= 11 is 6.23. The summed E-state index contributed by atoms with van der Waals surface area (Å²) in [6, 6.07) is 22.2. The molecule has 0 aliphatic rings. The monoisotopic (exact) mass is 506 g/mol. The minimum atomic E-state index is -0.708. The van der Waals surface area contributed by atoms with E-state index in [4.69, 9.17) is 16.3 Å². The van der Waals surface area contributed by atoms with E-state index >= 15 is 0 Å². The van der Waals surface area contributed by atoms with Gasteiger partial charge in [-0.15, -0.1) is 0 Å². The molecule has 190 valence electrons. The number of aryl methyl sites for hydroxylation is 1. The molecular formula is C30H35ClN2O3. The number of nitrogens with zero attached hydrogens (tertiary/aromatic N) is 1. The summed E-state index contributed by atoms with van der Waals surface area (Å²) in [7, 11) is 0. The SMILES string of the molecule is Cc1cccc(OCC(=O)N(Cc2cccc(Cl)c2)[C@H](Cc2ccccc2)C(=O)NCC(C)C)c1C. The van der Waals surface area contributed by atoms with Gasteiger partial charge in [-0.25, -0.2) is 0 Å². The highest BCUT2D eigenvalue weighted by molar-refractivity contribution is 6.30. The average molecular weight is 507 g/mol. The Morgan fingerprint density at radius 3 is 2.33 bits per heavy atom. The number of ether oxygens (including phenoxy) is 1. The predicted octanol–water partition coefficient (Wildman–Crippen LogP) is 5.75. The molecule has 0 saturated heterocycles. The summed E-state index contributed by atoms with van der Waals surface area (Å²) < 4.78 is 5.95. The van der Waals surface area contributed by atoms with Crippen molar-refractivity contribution in [2.75, 3.05) is 13.2 Å². The second-order valence-electron chi connectivity index (χ2n) is 9.48. The van der Waals surface area contributed by atoms with Gasteiger partial charge in [-0.3, -0.25) is 9.59 Å². The number of carbonyl (C=O) groups excluding carboxylic acids is 2. The van der Waals surface area contributed by atoms with Crippen LogP contribution in [0, 0.1) is 19.8 Å². The minimum Gasteiger partial charge on any atom is -0.483 e. The highest BCUT2D eigenvalue weighted by atomic mass is 35.5. The number of rotatable bonds is 11. The van der Waals surface area contributed by atoms with Crippen LogP contribution in [-0.2, 0) is 22.6 Å². The second kappa shape index (κ2) is 13.1. The molecule has 0 radical (unpaired) electrons. The summed E-state index contributed by atoms with van der Waals surface area (Å²) in [4.78, 5) is 28.7. The van der Waals surface area contributed by atoms with Crippen molar-refractivity contribution < 1.29 is 14.3 Å². The van der Waals surface area contributed by atoms with Crippen LogP contribution in [0.4, 0.5) is 0 Å². The first-order valence-corrected chi connectivity index (χ1v) is 12.7. The lowest BCUT2D eigenvalue weighted by Gasteiger charge is -2.32. The normalized spacial score (nSPS) is 11.7. The molecule has 0 bridgehead atoms. The van der Waals surface area contributed by atoms with Crippen LogP contribution in [0.5, 0.6) is 5.75 Å². The van der Waals surface area contributed by atoms with Crippen molar-refractivity contribution in [1.29, 1.82) is 0 Å². The molecule has 3 rings (SSSR count). The molecule has 1 N–H and O–H groups in total. The maximum absolute atomic E-state index is 13.7. The number of benzene rings is 3. The van der Waals surface area contributed by atoms with Gasteiger partial charge in [0.05, 0.1) is 0 Å².